The van der Waals surface area contributed by atoms with E-state index in [-0.39, 0.29) is 24.5 Å². The molecular weight excluding hydrogens is 340 g/mol. The number of aliphatic hydroxyl groups excluding tert-OH is 1. The number of hydrogen-bond acceptors (Lipinski definition) is 3. The van der Waals surface area contributed by atoms with E-state index in [1.54, 1.807) is 25.1 Å². The first kappa shape index (κ1) is 20.6. The Morgan fingerprint density at radius 3 is 2.07 bits per heavy atom. The zero-order chi connectivity index (χ0) is 20.0. The number of nitrogens with one attached hydrogen (secondary N) is 2. The number of benzene rings is 2. The number of rotatable bonds is 7. The van der Waals surface area contributed by atoms with Gasteiger partial charge in [-0.2, -0.15) is 0 Å². The number of carbonyl (C=O) groups is 2. The second-order valence-corrected chi connectivity index (χ2v) is 7.33. The molecule has 5 nitrogen and oxygen atoms in total. The van der Waals surface area contributed by atoms with E-state index < -0.39 is 0 Å². The third-order valence-corrected chi connectivity index (χ3v) is 4.16. The Bertz CT molecular complexity index is 798. The minimum Gasteiger partial charge on any atom is -0.394 e. The van der Waals surface area contributed by atoms with Crippen LogP contribution in [0.3, 0.4) is 0 Å². The molecular formula is C22H28N2O3. The summed E-state index contributed by atoms with van der Waals surface area (Å²) in [5, 5.41) is 14.8. The molecule has 0 bridgehead atoms. The zero-order valence-corrected chi connectivity index (χ0v) is 16.4. The van der Waals surface area contributed by atoms with E-state index in [1.807, 2.05) is 45.0 Å². The van der Waals surface area contributed by atoms with Crippen LogP contribution < -0.4 is 10.6 Å². The first-order valence-corrected chi connectivity index (χ1v) is 9.22. The van der Waals surface area contributed by atoms with E-state index in [1.165, 1.54) is 0 Å². The molecule has 27 heavy (non-hydrogen) atoms. The Hall–Kier alpha value is -2.66. The van der Waals surface area contributed by atoms with E-state index in [0.717, 1.165) is 16.7 Å². The molecule has 1 atom stereocenters. The molecule has 0 saturated heterocycles. The van der Waals surface area contributed by atoms with Gasteiger partial charge in [0.1, 0.15) is 0 Å². The smallest absolute Gasteiger partial charge is 0.251 e. The van der Waals surface area contributed by atoms with Crippen LogP contribution in [0.2, 0.25) is 0 Å². The highest BCUT2D eigenvalue weighted by Gasteiger charge is 2.15. The van der Waals surface area contributed by atoms with Crippen molar-refractivity contribution in [1.82, 2.24) is 10.6 Å². The second kappa shape index (κ2) is 9.33. The van der Waals surface area contributed by atoms with Crippen molar-refractivity contribution >= 4 is 11.8 Å². The van der Waals surface area contributed by atoms with Crippen LogP contribution in [0.5, 0.6) is 0 Å². The first-order valence-electron chi connectivity index (χ1n) is 9.22. The average molecular weight is 368 g/mol. The lowest BCUT2D eigenvalue weighted by atomic mass is 9.98. The molecule has 0 fully saturated rings. The standard InChI is InChI=1S/C22H28N2O3/c1-14(2)12-23-21(26)19-9-18(17-7-5-15(3)6-8-17)10-20(11-19)22(27)24-16(4)13-25/h5-11,14,16,25H,12-13H2,1-4H3,(H,23,26)(H,24,27). The summed E-state index contributed by atoms with van der Waals surface area (Å²) in [6.45, 7) is 8.20. The van der Waals surface area contributed by atoms with Gasteiger partial charge >= 0.3 is 0 Å². The highest BCUT2D eigenvalue weighted by molar-refractivity contribution is 6.01. The molecule has 2 rings (SSSR count). The fraction of sp³-hybridized carbons (Fsp3) is 0.364. The van der Waals surface area contributed by atoms with E-state index in [2.05, 4.69) is 10.6 Å². The topological polar surface area (TPSA) is 78.4 Å². The second-order valence-electron chi connectivity index (χ2n) is 7.33. The van der Waals surface area contributed by atoms with Crippen LogP contribution in [-0.4, -0.2) is 36.1 Å². The van der Waals surface area contributed by atoms with Gasteiger partial charge in [-0.15, -0.1) is 0 Å². The fourth-order valence-electron chi connectivity index (χ4n) is 2.55. The van der Waals surface area contributed by atoms with Crippen LogP contribution in [0.15, 0.2) is 42.5 Å². The third-order valence-electron chi connectivity index (χ3n) is 4.16. The maximum Gasteiger partial charge on any atom is 0.251 e. The van der Waals surface area contributed by atoms with Gasteiger partial charge in [0.05, 0.1) is 6.61 Å². The molecule has 0 radical (unpaired) electrons. The minimum absolute atomic E-state index is 0.148. The Morgan fingerprint density at radius 1 is 0.926 bits per heavy atom. The van der Waals surface area contributed by atoms with Crippen LogP contribution in [0.25, 0.3) is 11.1 Å². The third kappa shape index (κ3) is 5.93. The first-order chi connectivity index (χ1) is 12.8. The SMILES string of the molecule is Cc1ccc(-c2cc(C(=O)NCC(C)C)cc(C(=O)NC(C)CO)c2)cc1. The molecule has 3 N–H and O–H groups in total. The summed E-state index contributed by atoms with van der Waals surface area (Å²) in [5.74, 6) is -0.187. The van der Waals surface area contributed by atoms with Crippen LogP contribution >= 0.6 is 0 Å². The van der Waals surface area contributed by atoms with Gasteiger partial charge in [0, 0.05) is 23.7 Å². The highest BCUT2D eigenvalue weighted by Crippen LogP contribution is 2.23. The lowest BCUT2D eigenvalue weighted by molar-refractivity contribution is 0.0922. The minimum atomic E-state index is -0.362. The molecule has 0 saturated carbocycles. The molecule has 5 heteroatoms. The van der Waals surface area contributed by atoms with E-state index in [0.29, 0.717) is 23.6 Å². The van der Waals surface area contributed by atoms with Gasteiger partial charge in [0.25, 0.3) is 11.8 Å². The zero-order valence-electron chi connectivity index (χ0n) is 16.4. The largest absolute Gasteiger partial charge is 0.394 e. The predicted molar refractivity (Wildman–Crippen MR) is 108 cm³/mol. The number of carbonyl (C=O) groups excluding carboxylic acids is 2. The summed E-state index contributed by atoms with van der Waals surface area (Å²) in [5.41, 5.74) is 3.70. The molecule has 2 aromatic rings. The maximum absolute atomic E-state index is 12.6. The molecule has 0 aliphatic rings. The monoisotopic (exact) mass is 368 g/mol. The molecule has 144 valence electrons. The molecule has 0 heterocycles. The number of aryl methyl sites for hydroxylation is 1. The maximum atomic E-state index is 12.6. The molecule has 0 aliphatic carbocycles. The quantitative estimate of drug-likeness (QED) is 0.702. The number of amides is 2. The van der Waals surface area contributed by atoms with Gasteiger partial charge in [0.2, 0.25) is 0 Å². The van der Waals surface area contributed by atoms with Gasteiger partial charge in [-0.3, -0.25) is 9.59 Å². The van der Waals surface area contributed by atoms with Crippen molar-refractivity contribution in [1.29, 1.82) is 0 Å². The van der Waals surface area contributed by atoms with Crippen molar-refractivity contribution in [3.8, 4) is 11.1 Å². The molecule has 2 aromatic carbocycles. The molecule has 1 unspecified atom stereocenters. The molecule has 0 aliphatic heterocycles. The van der Waals surface area contributed by atoms with Gasteiger partial charge in [-0.05, 0) is 49.1 Å². The Balaban J connectivity index is 2.41. The van der Waals surface area contributed by atoms with Crippen molar-refractivity contribution in [3.05, 3.63) is 59.2 Å². The Labute approximate surface area is 160 Å². The van der Waals surface area contributed by atoms with Crippen LogP contribution in [0.1, 0.15) is 47.1 Å². The summed E-state index contributed by atoms with van der Waals surface area (Å²) in [7, 11) is 0. The predicted octanol–water partition coefficient (Wildman–Crippen LogP) is 3.16. The Kier molecular flexibility index (Phi) is 7.13. The van der Waals surface area contributed by atoms with Crippen molar-refractivity contribution in [2.45, 2.75) is 33.7 Å². The average Bonchev–Trinajstić information content (AvgIpc) is 2.66. The van der Waals surface area contributed by atoms with Crippen LogP contribution in [0, 0.1) is 12.8 Å². The summed E-state index contributed by atoms with van der Waals surface area (Å²) in [6, 6.07) is 12.7. The lowest BCUT2D eigenvalue weighted by Crippen LogP contribution is -2.35. The highest BCUT2D eigenvalue weighted by atomic mass is 16.3. The van der Waals surface area contributed by atoms with Crippen molar-refractivity contribution < 1.29 is 14.7 Å². The summed E-state index contributed by atoms with van der Waals surface area (Å²) in [4.78, 5) is 25.1. The van der Waals surface area contributed by atoms with E-state index in [9.17, 15) is 14.7 Å². The van der Waals surface area contributed by atoms with E-state index >= 15 is 0 Å². The molecule has 0 spiro atoms. The summed E-state index contributed by atoms with van der Waals surface area (Å²) < 4.78 is 0. The normalized spacial score (nSPS) is 11.9. The van der Waals surface area contributed by atoms with E-state index in [4.69, 9.17) is 0 Å². The van der Waals surface area contributed by atoms with Crippen LogP contribution in [0.4, 0.5) is 0 Å². The van der Waals surface area contributed by atoms with Crippen molar-refractivity contribution in [2.75, 3.05) is 13.2 Å². The van der Waals surface area contributed by atoms with Crippen LogP contribution in [-0.2, 0) is 0 Å². The molecule has 0 aromatic heterocycles. The van der Waals surface area contributed by atoms with Gasteiger partial charge in [0.15, 0.2) is 0 Å². The summed E-state index contributed by atoms with van der Waals surface area (Å²) >= 11 is 0. The lowest BCUT2D eigenvalue weighted by Gasteiger charge is -2.14. The molecule has 2 amide bonds. The van der Waals surface area contributed by atoms with Gasteiger partial charge in [-0.1, -0.05) is 43.7 Å². The van der Waals surface area contributed by atoms with Gasteiger partial charge < -0.3 is 15.7 Å². The van der Waals surface area contributed by atoms with Crippen molar-refractivity contribution in [3.63, 3.8) is 0 Å². The summed E-state index contributed by atoms with van der Waals surface area (Å²) in [6.07, 6.45) is 0. The van der Waals surface area contributed by atoms with Crippen molar-refractivity contribution in [2.24, 2.45) is 5.92 Å². The number of aliphatic hydroxyl groups is 1. The van der Waals surface area contributed by atoms with Gasteiger partial charge in [-0.25, -0.2) is 0 Å². The fourth-order valence-corrected chi connectivity index (χ4v) is 2.55. The Morgan fingerprint density at radius 2 is 1.52 bits per heavy atom. The number of hydrogen-bond donors (Lipinski definition) is 3.